The zero-order valence-corrected chi connectivity index (χ0v) is 28.8. The molecule has 1 saturated carbocycles. The monoisotopic (exact) mass is 680 g/mol. The molecule has 0 saturated heterocycles. The number of aliphatic hydroxyl groups excluding tert-OH is 1. The third-order valence-electron chi connectivity index (χ3n) is 8.94. The van der Waals surface area contributed by atoms with Crippen LogP contribution in [0.15, 0.2) is 48.1 Å². The SMILES string of the molecule is C=C(C(=O)O[C@H]1[C@@H](OC(C)=O)C(C)(C)/C=C\[C@@](C)(O)C(=O)[C@@]2(O)C[C@H](C)[C@H](OC(=O)/C(C)=C\C)[C@@H]2[C@@H](OC(C)=O)C(=C)[C@@H]1O)C(C)OO. The second-order valence-electron chi connectivity index (χ2n) is 13.3. The van der Waals surface area contributed by atoms with E-state index in [4.69, 9.17) is 24.2 Å². The molecule has 268 valence electrons. The highest BCUT2D eigenvalue weighted by atomic mass is 17.1. The normalized spacial score (nSPS) is 35.2. The summed E-state index contributed by atoms with van der Waals surface area (Å²) >= 11 is 0. The molecule has 14 heteroatoms. The first-order valence-electron chi connectivity index (χ1n) is 15.4. The summed E-state index contributed by atoms with van der Waals surface area (Å²) in [6.45, 7) is 19.6. The number of esters is 4. The second kappa shape index (κ2) is 15.2. The molecule has 4 N–H and O–H groups in total. The van der Waals surface area contributed by atoms with E-state index in [0.717, 1.165) is 26.8 Å². The van der Waals surface area contributed by atoms with Crippen LogP contribution in [0.2, 0.25) is 0 Å². The predicted molar refractivity (Wildman–Crippen MR) is 169 cm³/mol. The molecule has 10 atom stereocenters. The van der Waals surface area contributed by atoms with Crippen LogP contribution in [0, 0.1) is 17.3 Å². The lowest BCUT2D eigenvalue weighted by molar-refractivity contribution is -0.264. The van der Waals surface area contributed by atoms with E-state index >= 15 is 0 Å². The van der Waals surface area contributed by atoms with Gasteiger partial charge in [-0.1, -0.05) is 46.1 Å². The molecule has 1 unspecified atom stereocenters. The molecular weight excluding hydrogens is 632 g/mol. The Morgan fingerprint density at radius 1 is 0.958 bits per heavy atom. The number of carbonyl (C=O) groups excluding carboxylic acids is 5. The summed E-state index contributed by atoms with van der Waals surface area (Å²) in [6.07, 6.45) is -6.45. The van der Waals surface area contributed by atoms with Crippen molar-refractivity contribution in [2.75, 3.05) is 0 Å². The molecule has 0 spiro atoms. The van der Waals surface area contributed by atoms with Crippen LogP contribution in [0.4, 0.5) is 0 Å². The van der Waals surface area contributed by atoms with E-state index in [1.807, 2.05) is 0 Å². The van der Waals surface area contributed by atoms with Crippen molar-refractivity contribution in [3.05, 3.63) is 48.1 Å². The van der Waals surface area contributed by atoms with Crippen molar-refractivity contribution in [1.82, 2.24) is 0 Å². The fourth-order valence-corrected chi connectivity index (χ4v) is 6.02. The number of hydrogen-bond donors (Lipinski definition) is 4. The maximum atomic E-state index is 14.2. The number of aliphatic hydroxyl groups is 3. The number of carbonyl (C=O) groups is 5. The number of ether oxygens (including phenoxy) is 4. The maximum absolute atomic E-state index is 14.2. The highest BCUT2D eigenvalue weighted by molar-refractivity contribution is 5.97. The fraction of sp³-hybridized carbons (Fsp3) is 0.618. The van der Waals surface area contributed by atoms with Gasteiger partial charge in [0.15, 0.2) is 11.9 Å². The minimum Gasteiger partial charge on any atom is -0.458 e. The third-order valence-corrected chi connectivity index (χ3v) is 8.94. The summed E-state index contributed by atoms with van der Waals surface area (Å²) in [4.78, 5) is 69.6. The van der Waals surface area contributed by atoms with Crippen LogP contribution in [0.3, 0.4) is 0 Å². The molecule has 0 aromatic carbocycles. The van der Waals surface area contributed by atoms with Gasteiger partial charge >= 0.3 is 23.9 Å². The molecule has 48 heavy (non-hydrogen) atoms. The first-order chi connectivity index (χ1) is 22.0. The molecule has 0 aliphatic heterocycles. The van der Waals surface area contributed by atoms with Crippen LogP contribution in [0.1, 0.15) is 68.7 Å². The Morgan fingerprint density at radius 2 is 1.50 bits per heavy atom. The van der Waals surface area contributed by atoms with Gasteiger partial charge in [-0.05, 0) is 51.7 Å². The number of allylic oxidation sites excluding steroid dienone is 1. The Balaban J connectivity index is 3.00. The smallest absolute Gasteiger partial charge is 0.336 e. The molecule has 0 aromatic rings. The highest BCUT2D eigenvalue weighted by Crippen LogP contribution is 2.49. The minimum atomic E-state index is -2.54. The average Bonchev–Trinajstić information content (AvgIpc) is 3.26. The van der Waals surface area contributed by atoms with Crippen LogP contribution in [0.25, 0.3) is 0 Å². The molecule has 2 aliphatic rings. The second-order valence-corrected chi connectivity index (χ2v) is 13.3. The molecule has 0 bridgehead atoms. The minimum absolute atomic E-state index is 0.190. The van der Waals surface area contributed by atoms with E-state index in [9.17, 15) is 39.3 Å². The molecule has 14 nitrogen and oxygen atoms in total. The summed E-state index contributed by atoms with van der Waals surface area (Å²) in [7, 11) is 0. The Kier molecular flexibility index (Phi) is 12.9. The van der Waals surface area contributed by atoms with Gasteiger partial charge in [-0.2, -0.15) is 0 Å². The van der Waals surface area contributed by atoms with Gasteiger partial charge in [-0.15, -0.1) is 0 Å². The number of fused-ring (bicyclic) bond motifs is 1. The van der Waals surface area contributed by atoms with Crippen molar-refractivity contribution < 1.29 is 68.4 Å². The zero-order chi connectivity index (χ0) is 37.1. The fourth-order valence-electron chi connectivity index (χ4n) is 6.02. The summed E-state index contributed by atoms with van der Waals surface area (Å²) in [5, 5.41) is 44.8. The third kappa shape index (κ3) is 8.47. The molecule has 0 aromatic heterocycles. The molecule has 0 heterocycles. The summed E-state index contributed by atoms with van der Waals surface area (Å²) in [6, 6.07) is 0. The van der Waals surface area contributed by atoms with Crippen molar-refractivity contribution in [1.29, 1.82) is 0 Å². The van der Waals surface area contributed by atoms with E-state index in [0.29, 0.717) is 0 Å². The van der Waals surface area contributed by atoms with Gasteiger partial charge in [0.1, 0.15) is 41.7 Å². The summed E-state index contributed by atoms with van der Waals surface area (Å²) < 4.78 is 22.6. The summed E-state index contributed by atoms with van der Waals surface area (Å²) in [5.74, 6) is -7.39. The predicted octanol–water partition coefficient (Wildman–Crippen LogP) is 2.29. The van der Waals surface area contributed by atoms with E-state index in [-0.39, 0.29) is 12.0 Å². The van der Waals surface area contributed by atoms with Gasteiger partial charge in [0, 0.05) is 24.8 Å². The van der Waals surface area contributed by atoms with Gasteiger partial charge in [0.2, 0.25) is 0 Å². The number of ketones is 1. The molecule has 2 aliphatic carbocycles. The Labute approximate surface area is 279 Å². The van der Waals surface area contributed by atoms with Crippen molar-refractivity contribution in [3.8, 4) is 0 Å². The number of hydrogen-bond acceptors (Lipinski definition) is 14. The lowest BCUT2D eigenvalue weighted by Crippen LogP contribution is -2.60. The zero-order valence-electron chi connectivity index (χ0n) is 28.8. The van der Waals surface area contributed by atoms with Gasteiger partial charge in [0.05, 0.1) is 11.5 Å². The van der Waals surface area contributed by atoms with Crippen LogP contribution < -0.4 is 0 Å². The van der Waals surface area contributed by atoms with Crippen molar-refractivity contribution in [3.63, 3.8) is 0 Å². The van der Waals surface area contributed by atoms with Crippen LogP contribution in [-0.4, -0.2) is 98.1 Å². The molecule has 0 radical (unpaired) electrons. The largest absolute Gasteiger partial charge is 0.458 e. The van der Waals surface area contributed by atoms with E-state index in [1.54, 1.807) is 13.8 Å². The molecule has 1 fully saturated rings. The molecular formula is C34H48O14. The standard InChI is InChI=1S/C34H48O14/c1-12-16(2)29(38)46-25-17(3)15-34(42)23(25)26(44-21(7)35)19(5)24(37)27(47-30(39)18(4)20(6)48-43)28(45-22(8)36)32(9,10)13-14-33(11,41)31(34)40/h12-14,17,20,23-28,37,41-43H,4-5,15H2,1-3,6-11H3/b14-13-,16-12-/t17-,20?,23+,24-,25-,26-,27+,28+,33+,34+/m0/s1. The van der Waals surface area contributed by atoms with Gasteiger partial charge in [-0.3, -0.25) is 19.6 Å². The summed E-state index contributed by atoms with van der Waals surface area (Å²) in [5.41, 5.74) is -7.05. The average molecular weight is 681 g/mol. The van der Waals surface area contributed by atoms with Crippen molar-refractivity contribution in [2.24, 2.45) is 17.3 Å². The van der Waals surface area contributed by atoms with Gasteiger partial charge < -0.3 is 34.3 Å². The van der Waals surface area contributed by atoms with Gasteiger partial charge in [-0.25, -0.2) is 14.5 Å². The van der Waals surface area contributed by atoms with Crippen LogP contribution in [0.5, 0.6) is 0 Å². The lowest BCUT2D eigenvalue weighted by Gasteiger charge is -2.44. The highest BCUT2D eigenvalue weighted by Gasteiger charge is 2.64. The Bertz CT molecular complexity index is 1370. The van der Waals surface area contributed by atoms with Crippen molar-refractivity contribution >= 4 is 29.7 Å². The lowest BCUT2D eigenvalue weighted by atomic mass is 9.71. The quantitative estimate of drug-likeness (QED) is 0.0724. The van der Waals surface area contributed by atoms with E-state index in [1.165, 1.54) is 39.8 Å². The van der Waals surface area contributed by atoms with Crippen LogP contribution >= 0.6 is 0 Å². The first kappa shape index (κ1) is 40.5. The molecule has 0 amide bonds. The van der Waals surface area contributed by atoms with Gasteiger partial charge in [0.25, 0.3) is 0 Å². The first-order valence-corrected chi connectivity index (χ1v) is 15.4. The van der Waals surface area contributed by atoms with E-state index < -0.39 is 106 Å². The Hall–Kier alpha value is -3.69. The topological polar surface area (TPSA) is 212 Å². The molecule has 2 rings (SSSR count). The van der Waals surface area contributed by atoms with Crippen molar-refractivity contribution in [2.45, 2.75) is 117 Å². The maximum Gasteiger partial charge on any atom is 0.336 e. The van der Waals surface area contributed by atoms with E-state index in [2.05, 4.69) is 18.0 Å². The van der Waals surface area contributed by atoms with Crippen LogP contribution in [-0.2, 0) is 47.8 Å². The Morgan fingerprint density at radius 3 is 2.00 bits per heavy atom. The number of Topliss-reactive ketones (excluding diaryl/α,β-unsaturated/α-hetero) is 1. The number of rotatable bonds is 8.